The molecule has 0 aliphatic rings. The Balaban J connectivity index is 2.81. The lowest BCUT2D eigenvalue weighted by atomic mass is 10.3. The first-order chi connectivity index (χ1) is 5.74. The molecule has 0 saturated carbocycles. The molecule has 0 spiro atoms. The van der Waals surface area contributed by atoms with E-state index in [-0.39, 0.29) is 0 Å². The van der Waals surface area contributed by atoms with Gasteiger partial charge in [0.25, 0.3) is 0 Å². The quantitative estimate of drug-likeness (QED) is 0.641. The number of thioether (sulfide) groups is 1. The molecule has 0 aliphatic heterocycles. The molecule has 0 heterocycles. The molecule has 4 heteroatoms. The molecule has 0 fully saturated rings. The summed E-state index contributed by atoms with van der Waals surface area (Å²) in [6.07, 6.45) is 0. The van der Waals surface area contributed by atoms with E-state index in [0.29, 0.717) is 11.4 Å². The summed E-state index contributed by atoms with van der Waals surface area (Å²) in [6.45, 7) is 0. The normalized spacial score (nSPS) is 9.33. The summed E-state index contributed by atoms with van der Waals surface area (Å²) >= 11 is 4.76. The van der Waals surface area contributed by atoms with E-state index in [2.05, 4.69) is 22.0 Å². The van der Waals surface area contributed by atoms with Gasteiger partial charge in [0.05, 0.1) is 11.8 Å². The summed E-state index contributed by atoms with van der Waals surface area (Å²) in [5.74, 6) is 0.436. The van der Waals surface area contributed by atoms with Crippen LogP contribution in [0.1, 0.15) is 0 Å². The lowest BCUT2D eigenvalue weighted by molar-refractivity contribution is 1.43. The zero-order chi connectivity index (χ0) is 8.97. The summed E-state index contributed by atoms with van der Waals surface area (Å²) in [5.41, 5.74) is 6.41. The number of nitrogens with two attached hydrogens (primary N) is 1. The van der Waals surface area contributed by atoms with Crippen molar-refractivity contribution in [3.63, 3.8) is 0 Å². The van der Waals surface area contributed by atoms with Crippen molar-refractivity contribution >= 4 is 33.4 Å². The first-order valence-corrected chi connectivity index (χ1v) is 5.06. The summed E-state index contributed by atoms with van der Waals surface area (Å²) in [5, 5.41) is 8.35. The van der Waals surface area contributed by atoms with Crippen molar-refractivity contribution in [2.45, 2.75) is 4.90 Å². The molecule has 0 radical (unpaired) electrons. The molecule has 0 aliphatic carbocycles. The van der Waals surface area contributed by atoms with Gasteiger partial charge in [0.1, 0.15) is 0 Å². The van der Waals surface area contributed by atoms with Crippen molar-refractivity contribution in [3.05, 3.63) is 22.7 Å². The molecule has 0 unspecified atom stereocenters. The third-order valence-electron chi connectivity index (χ3n) is 1.26. The second-order valence-corrected chi connectivity index (χ2v) is 4.06. The number of nitriles is 1. The van der Waals surface area contributed by atoms with E-state index in [0.717, 1.165) is 9.37 Å². The Bertz CT molecular complexity index is 319. The highest BCUT2D eigenvalue weighted by molar-refractivity contribution is 9.10. The molecule has 1 aromatic carbocycles. The van der Waals surface area contributed by atoms with E-state index < -0.39 is 0 Å². The number of anilines is 1. The third kappa shape index (κ3) is 2.43. The smallest absolute Gasteiger partial charge is 0.0856 e. The van der Waals surface area contributed by atoms with Gasteiger partial charge in [-0.15, -0.1) is 11.8 Å². The monoisotopic (exact) mass is 242 g/mol. The minimum absolute atomic E-state index is 0.436. The number of nitrogen functional groups attached to an aromatic ring is 1. The van der Waals surface area contributed by atoms with Crippen LogP contribution in [-0.2, 0) is 0 Å². The fraction of sp³-hybridized carbons (Fsp3) is 0.125. The van der Waals surface area contributed by atoms with Crippen molar-refractivity contribution in [1.29, 1.82) is 5.26 Å². The highest BCUT2D eigenvalue weighted by Gasteiger charge is 1.98. The maximum atomic E-state index is 8.35. The molecule has 0 saturated heterocycles. The van der Waals surface area contributed by atoms with Crippen molar-refractivity contribution in [2.75, 3.05) is 11.5 Å². The highest BCUT2D eigenvalue weighted by atomic mass is 79.9. The van der Waals surface area contributed by atoms with Gasteiger partial charge in [-0.3, -0.25) is 0 Å². The number of benzene rings is 1. The first kappa shape index (κ1) is 9.43. The zero-order valence-corrected chi connectivity index (χ0v) is 8.65. The minimum Gasteiger partial charge on any atom is -0.398 e. The number of rotatable bonds is 2. The van der Waals surface area contributed by atoms with E-state index >= 15 is 0 Å². The van der Waals surface area contributed by atoms with Gasteiger partial charge in [-0.25, -0.2) is 0 Å². The van der Waals surface area contributed by atoms with Crippen LogP contribution in [0.15, 0.2) is 27.6 Å². The fourth-order valence-electron chi connectivity index (χ4n) is 0.761. The molecular formula is C8H7BrN2S. The van der Waals surface area contributed by atoms with Crippen LogP contribution >= 0.6 is 27.7 Å². The van der Waals surface area contributed by atoms with Crippen LogP contribution in [0.3, 0.4) is 0 Å². The van der Waals surface area contributed by atoms with Crippen LogP contribution in [0.25, 0.3) is 0 Å². The maximum Gasteiger partial charge on any atom is 0.0856 e. The van der Waals surface area contributed by atoms with E-state index in [4.69, 9.17) is 11.0 Å². The second kappa shape index (κ2) is 4.39. The van der Waals surface area contributed by atoms with Crippen LogP contribution in [-0.4, -0.2) is 5.75 Å². The van der Waals surface area contributed by atoms with E-state index in [1.54, 1.807) is 0 Å². The molecule has 0 atom stereocenters. The van der Waals surface area contributed by atoms with E-state index in [1.165, 1.54) is 11.8 Å². The fourth-order valence-corrected chi connectivity index (χ4v) is 1.75. The maximum absolute atomic E-state index is 8.35. The van der Waals surface area contributed by atoms with Gasteiger partial charge in [0.2, 0.25) is 0 Å². The minimum atomic E-state index is 0.436. The third-order valence-corrected chi connectivity index (χ3v) is 2.71. The van der Waals surface area contributed by atoms with Crippen LogP contribution in [0.5, 0.6) is 0 Å². The number of nitrogens with zero attached hydrogens (tertiary/aromatic N) is 1. The van der Waals surface area contributed by atoms with Gasteiger partial charge in [-0.05, 0) is 18.2 Å². The van der Waals surface area contributed by atoms with E-state index in [9.17, 15) is 0 Å². The number of hydrogen-bond acceptors (Lipinski definition) is 3. The Morgan fingerprint density at radius 2 is 2.33 bits per heavy atom. The number of halogens is 1. The van der Waals surface area contributed by atoms with Gasteiger partial charge in [0, 0.05) is 15.1 Å². The van der Waals surface area contributed by atoms with Crippen LogP contribution in [0.2, 0.25) is 0 Å². The Kier molecular flexibility index (Phi) is 3.45. The predicted molar refractivity (Wildman–Crippen MR) is 54.9 cm³/mol. The summed E-state index contributed by atoms with van der Waals surface area (Å²) < 4.78 is 0.960. The van der Waals surface area contributed by atoms with Crippen molar-refractivity contribution in [3.8, 4) is 6.07 Å². The highest BCUT2D eigenvalue weighted by Crippen LogP contribution is 2.27. The summed E-state index contributed by atoms with van der Waals surface area (Å²) in [7, 11) is 0. The van der Waals surface area contributed by atoms with E-state index in [1.807, 2.05) is 18.2 Å². The lowest BCUT2D eigenvalue weighted by Gasteiger charge is -2.01. The standard InChI is InChI=1S/C8H7BrN2S/c9-6-1-2-8(7(11)5-6)12-4-3-10/h1-2,5H,4,11H2. The lowest BCUT2D eigenvalue weighted by Crippen LogP contribution is -1.88. The van der Waals surface area contributed by atoms with Gasteiger partial charge < -0.3 is 5.73 Å². The zero-order valence-electron chi connectivity index (χ0n) is 6.25. The molecule has 0 aromatic heterocycles. The molecule has 1 aromatic rings. The Hall–Kier alpha value is -0.660. The predicted octanol–water partition coefficient (Wildman–Crippen LogP) is 2.65. The SMILES string of the molecule is N#CCSc1ccc(Br)cc1N. The number of hydrogen-bond donors (Lipinski definition) is 1. The Labute approximate surface area is 83.9 Å². The van der Waals surface area contributed by atoms with Crippen LogP contribution < -0.4 is 5.73 Å². The molecule has 2 N–H and O–H groups in total. The molecule has 1 rings (SSSR count). The Morgan fingerprint density at radius 3 is 2.92 bits per heavy atom. The first-order valence-electron chi connectivity index (χ1n) is 3.29. The van der Waals surface area contributed by atoms with Crippen LogP contribution in [0, 0.1) is 11.3 Å². The second-order valence-electron chi connectivity index (χ2n) is 2.13. The molecule has 12 heavy (non-hydrogen) atoms. The van der Waals surface area contributed by atoms with Gasteiger partial charge in [-0.1, -0.05) is 15.9 Å². The van der Waals surface area contributed by atoms with Gasteiger partial charge >= 0.3 is 0 Å². The molecule has 0 amide bonds. The molecular weight excluding hydrogens is 236 g/mol. The summed E-state index contributed by atoms with van der Waals surface area (Å²) in [4.78, 5) is 0.958. The average molecular weight is 243 g/mol. The van der Waals surface area contributed by atoms with Crippen LogP contribution in [0.4, 0.5) is 5.69 Å². The molecule has 2 nitrogen and oxygen atoms in total. The van der Waals surface area contributed by atoms with Gasteiger partial charge in [0.15, 0.2) is 0 Å². The topological polar surface area (TPSA) is 49.8 Å². The largest absolute Gasteiger partial charge is 0.398 e. The average Bonchev–Trinajstić information content (AvgIpc) is 2.03. The van der Waals surface area contributed by atoms with Gasteiger partial charge in [-0.2, -0.15) is 5.26 Å². The van der Waals surface area contributed by atoms with Crippen molar-refractivity contribution in [1.82, 2.24) is 0 Å². The summed E-state index contributed by atoms with van der Waals surface area (Å²) in [6, 6.07) is 7.70. The van der Waals surface area contributed by atoms with Crippen molar-refractivity contribution in [2.24, 2.45) is 0 Å². The Morgan fingerprint density at radius 1 is 1.58 bits per heavy atom. The molecule has 0 bridgehead atoms. The molecule has 62 valence electrons. The van der Waals surface area contributed by atoms with Crippen molar-refractivity contribution < 1.29 is 0 Å².